The molecule has 0 bridgehead atoms. The van der Waals surface area contributed by atoms with Crippen LogP contribution in [0, 0.1) is 11.8 Å². The van der Waals surface area contributed by atoms with Gasteiger partial charge in [0, 0.05) is 6.04 Å². The second-order valence-electron chi connectivity index (χ2n) is 6.99. The minimum absolute atomic E-state index is 0.0540. The Bertz CT molecular complexity index is 493. The van der Waals surface area contributed by atoms with Crippen LogP contribution in [0.2, 0.25) is 0 Å². The lowest BCUT2D eigenvalue weighted by Gasteiger charge is -2.43. The summed E-state index contributed by atoms with van der Waals surface area (Å²) < 4.78 is 38.7. The molecule has 0 spiro atoms. The van der Waals surface area contributed by atoms with Gasteiger partial charge in [-0.15, -0.1) is 0 Å². The van der Waals surface area contributed by atoms with Crippen LogP contribution >= 0.6 is 0 Å². The summed E-state index contributed by atoms with van der Waals surface area (Å²) in [6, 6.07) is 5.75. The van der Waals surface area contributed by atoms with E-state index in [-0.39, 0.29) is 17.4 Å². The number of halogens is 3. The number of rotatable bonds is 2. The van der Waals surface area contributed by atoms with Crippen molar-refractivity contribution in [2.75, 3.05) is 0 Å². The Kier molecular flexibility index (Phi) is 4.39. The fraction of sp³-hybridized carbons (Fsp3) is 0.647. The van der Waals surface area contributed by atoms with Crippen molar-refractivity contribution in [3.63, 3.8) is 0 Å². The Morgan fingerprint density at radius 1 is 1.10 bits per heavy atom. The van der Waals surface area contributed by atoms with Crippen LogP contribution in [-0.4, -0.2) is 6.04 Å². The summed E-state index contributed by atoms with van der Waals surface area (Å²) in [4.78, 5) is 0. The normalized spacial score (nSPS) is 27.7. The molecule has 1 nitrogen and oxygen atoms in total. The van der Waals surface area contributed by atoms with E-state index in [1.165, 1.54) is 12.1 Å². The zero-order chi connectivity index (χ0) is 15.8. The smallest absolute Gasteiger partial charge is 0.327 e. The summed E-state index contributed by atoms with van der Waals surface area (Å²) >= 11 is 0. The Balaban J connectivity index is 2.31. The molecule has 0 aliphatic heterocycles. The molecule has 0 aromatic heterocycles. The molecule has 1 aromatic carbocycles. The standard InChI is InChI=1S/C17H24F3N/c1-11-7-8-14(15(21)9-11)16(2,3)12-5-4-6-13(10-12)17(18,19)20/h4-6,10-11,14-15H,7-9,21H2,1-3H3. The average molecular weight is 299 g/mol. The van der Waals surface area contributed by atoms with E-state index < -0.39 is 11.7 Å². The van der Waals surface area contributed by atoms with Crippen LogP contribution < -0.4 is 5.73 Å². The van der Waals surface area contributed by atoms with Crippen molar-refractivity contribution < 1.29 is 13.2 Å². The fourth-order valence-corrected chi connectivity index (χ4v) is 3.63. The SMILES string of the molecule is CC1CCC(C(C)(C)c2cccc(C(F)(F)F)c2)C(N)C1. The van der Waals surface area contributed by atoms with Gasteiger partial charge in [-0.05, 0) is 41.7 Å². The molecule has 1 fully saturated rings. The van der Waals surface area contributed by atoms with Crippen molar-refractivity contribution >= 4 is 0 Å². The fourth-order valence-electron chi connectivity index (χ4n) is 3.63. The molecule has 0 amide bonds. The monoisotopic (exact) mass is 299 g/mol. The number of benzene rings is 1. The van der Waals surface area contributed by atoms with E-state index >= 15 is 0 Å². The minimum Gasteiger partial charge on any atom is -0.327 e. The first-order valence-electron chi connectivity index (χ1n) is 7.55. The van der Waals surface area contributed by atoms with E-state index in [0.717, 1.165) is 30.9 Å². The maximum absolute atomic E-state index is 12.9. The van der Waals surface area contributed by atoms with Gasteiger partial charge >= 0.3 is 6.18 Å². The van der Waals surface area contributed by atoms with Crippen molar-refractivity contribution in [2.45, 2.75) is 57.7 Å². The summed E-state index contributed by atoms with van der Waals surface area (Å²) in [5.41, 5.74) is 6.10. The second-order valence-corrected chi connectivity index (χ2v) is 6.99. The molecule has 0 heterocycles. The highest BCUT2D eigenvalue weighted by Crippen LogP contribution is 2.42. The van der Waals surface area contributed by atoms with Crippen LogP contribution in [0.3, 0.4) is 0 Å². The summed E-state index contributed by atoms with van der Waals surface area (Å²) in [5.74, 6) is 0.825. The van der Waals surface area contributed by atoms with Gasteiger partial charge in [0.05, 0.1) is 5.56 Å². The van der Waals surface area contributed by atoms with Crippen LogP contribution in [0.1, 0.15) is 51.2 Å². The molecule has 1 aliphatic carbocycles. The largest absolute Gasteiger partial charge is 0.416 e. The van der Waals surface area contributed by atoms with Crippen molar-refractivity contribution in [1.82, 2.24) is 0 Å². The van der Waals surface area contributed by atoms with Gasteiger partial charge in [0.25, 0.3) is 0 Å². The molecule has 4 heteroatoms. The van der Waals surface area contributed by atoms with Gasteiger partial charge in [0.1, 0.15) is 0 Å². The molecule has 3 unspecified atom stereocenters. The van der Waals surface area contributed by atoms with Crippen LogP contribution in [0.15, 0.2) is 24.3 Å². The van der Waals surface area contributed by atoms with Gasteiger partial charge in [0.15, 0.2) is 0 Å². The quantitative estimate of drug-likeness (QED) is 0.838. The Morgan fingerprint density at radius 2 is 1.71 bits per heavy atom. The van der Waals surface area contributed by atoms with E-state index in [4.69, 9.17) is 5.73 Å². The lowest BCUT2D eigenvalue weighted by molar-refractivity contribution is -0.137. The third-order valence-corrected chi connectivity index (χ3v) is 5.02. The van der Waals surface area contributed by atoms with Crippen molar-refractivity contribution in [3.05, 3.63) is 35.4 Å². The van der Waals surface area contributed by atoms with Crippen molar-refractivity contribution in [3.8, 4) is 0 Å². The highest BCUT2D eigenvalue weighted by molar-refractivity contribution is 5.32. The molecule has 0 radical (unpaired) electrons. The van der Waals surface area contributed by atoms with Gasteiger partial charge in [0.2, 0.25) is 0 Å². The molecular formula is C17H24F3N. The van der Waals surface area contributed by atoms with Crippen LogP contribution in [0.4, 0.5) is 13.2 Å². The number of nitrogens with two attached hydrogens (primary N) is 1. The van der Waals surface area contributed by atoms with E-state index in [1.54, 1.807) is 6.07 Å². The third kappa shape index (κ3) is 3.42. The summed E-state index contributed by atoms with van der Waals surface area (Å²) in [6.45, 7) is 6.22. The van der Waals surface area contributed by atoms with Gasteiger partial charge < -0.3 is 5.73 Å². The maximum Gasteiger partial charge on any atom is 0.416 e. The lowest BCUT2D eigenvalue weighted by atomic mass is 9.64. The van der Waals surface area contributed by atoms with E-state index in [2.05, 4.69) is 6.92 Å². The molecule has 1 aromatic rings. The summed E-state index contributed by atoms with van der Waals surface area (Å²) in [5, 5.41) is 0. The molecule has 21 heavy (non-hydrogen) atoms. The Labute approximate surface area is 124 Å². The first kappa shape index (κ1) is 16.3. The zero-order valence-electron chi connectivity index (χ0n) is 12.9. The first-order chi connectivity index (χ1) is 9.62. The maximum atomic E-state index is 12.9. The number of hydrogen-bond acceptors (Lipinski definition) is 1. The third-order valence-electron chi connectivity index (χ3n) is 5.02. The topological polar surface area (TPSA) is 26.0 Å². The molecule has 1 aliphatic rings. The predicted molar refractivity (Wildman–Crippen MR) is 79.0 cm³/mol. The molecule has 3 atom stereocenters. The van der Waals surface area contributed by atoms with E-state index in [9.17, 15) is 13.2 Å². The molecule has 1 saturated carbocycles. The second kappa shape index (κ2) is 5.64. The predicted octanol–water partition coefficient (Wildman–Crippen LogP) is 4.75. The van der Waals surface area contributed by atoms with Crippen LogP contribution in [0.5, 0.6) is 0 Å². The average Bonchev–Trinajstić information content (AvgIpc) is 2.37. The number of hydrogen-bond donors (Lipinski definition) is 1. The zero-order valence-corrected chi connectivity index (χ0v) is 12.9. The summed E-state index contributed by atoms with van der Waals surface area (Å²) in [6.07, 6.45) is -1.27. The van der Waals surface area contributed by atoms with Crippen LogP contribution in [0.25, 0.3) is 0 Å². The van der Waals surface area contributed by atoms with Gasteiger partial charge in [-0.1, -0.05) is 45.4 Å². The molecule has 2 rings (SSSR count). The van der Waals surface area contributed by atoms with E-state index in [1.807, 2.05) is 13.8 Å². The summed E-state index contributed by atoms with van der Waals surface area (Å²) in [7, 11) is 0. The van der Waals surface area contributed by atoms with Gasteiger partial charge in [-0.3, -0.25) is 0 Å². The molecular weight excluding hydrogens is 275 g/mol. The van der Waals surface area contributed by atoms with Gasteiger partial charge in [-0.2, -0.15) is 13.2 Å². The molecule has 2 N–H and O–H groups in total. The van der Waals surface area contributed by atoms with Crippen LogP contribution in [-0.2, 0) is 11.6 Å². The highest BCUT2D eigenvalue weighted by Gasteiger charge is 2.39. The Morgan fingerprint density at radius 3 is 2.29 bits per heavy atom. The number of alkyl halides is 3. The highest BCUT2D eigenvalue weighted by atomic mass is 19.4. The van der Waals surface area contributed by atoms with Crippen molar-refractivity contribution in [1.29, 1.82) is 0 Å². The lowest BCUT2D eigenvalue weighted by Crippen LogP contribution is -2.45. The Hall–Kier alpha value is -1.03. The molecule has 0 saturated heterocycles. The first-order valence-corrected chi connectivity index (χ1v) is 7.55. The van der Waals surface area contributed by atoms with E-state index in [0.29, 0.717) is 5.92 Å². The minimum atomic E-state index is -4.30. The molecule has 118 valence electrons. The van der Waals surface area contributed by atoms with Gasteiger partial charge in [-0.25, -0.2) is 0 Å². The van der Waals surface area contributed by atoms with Crippen molar-refractivity contribution in [2.24, 2.45) is 17.6 Å².